The van der Waals surface area contributed by atoms with E-state index in [-0.39, 0.29) is 25.2 Å². The van der Waals surface area contributed by atoms with Gasteiger partial charge in [-0.15, -0.1) is 0 Å². The van der Waals surface area contributed by atoms with Crippen molar-refractivity contribution >= 4 is 11.9 Å². The fraction of sp³-hybridized carbons (Fsp3) is 0.855. The third-order valence-corrected chi connectivity index (χ3v) is 15.1. The first kappa shape index (κ1) is 71.9. The Balaban J connectivity index is 3.39. The molecule has 0 aromatic rings. The minimum absolute atomic E-state index is 0.0622. The number of carbonyl (C=O) groups excluding carboxylic acids is 2. The van der Waals surface area contributed by atoms with E-state index in [0.717, 1.165) is 51.4 Å². The van der Waals surface area contributed by atoms with Gasteiger partial charge >= 0.3 is 11.9 Å². The number of ether oxygens (including phenoxy) is 2. The van der Waals surface area contributed by atoms with E-state index in [0.29, 0.717) is 12.8 Å². The Hall–Kier alpha value is -2.14. The lowest BCUT2D eigenvalue weighted by molar-refractivity contribution is -0.161. The average Bonchev–Trinajstić information content (AvgIpc) is 3.40. The molecule has 0 aromatic heterocycles. The molecule has 0 spiro atoms. The second kappa shape index (κ2) is 65.1. The predicted molar refractivity (Wildman–Crippen MR) is 325 cm³/mol. The maximum atomic E-state index is 12.3. The first-order valence-electron chi connectivity index (χ1n) is 33.2. The summed E-state index contributed by atoms with van der Waals surface area (Å²) in [6.07, 6.45) is 87.1. The van der Waals surface area contributed by atoms with Crippen LogP contribution in [-0.2, 0) is 19.1 Å². The molecule has 5 nitrogen and oxygen atoms in total. The van der Waals surface area contributed by atoms with Crippen LogP contribution in [0.15, 0.2) is 48.6 Å². The van der Waals surface area contributed by atoms with E-state index in [2.05, 4.69) is 62.5 Å². The zero-order chi connectivity index (χ0) is 53.4. The molecule has 1 unspecified atom stereocenters. The number of rotatable bonds is 62. The van der Waals surface area contributed by atoms with Gasteiger partial charge in [0.1, 0.15) is 6.61 Å². The normalized spacial score (nSPS) is 12.4. The predicted octanol–water partition coefficient (Wildman–Crippen LogP) is 22.8. The summed E-state index contributed by atoms with van der Waals surface area (Å²) in [7, 11) is 0. The largest absolute Gasteiger partial charge is 0.462 e. The molecule has 1 N–H and O–H groups in total. The molecular weight excluding hydrogens is 909 g/mol. The topological polar surface area (TPSA) is 72.8 Å². The standard InChI is InChI=1S/C69H128O5/c1-3-5-7-9-11-13-15-17-19-21-23-25-26-27-28-29-30-31-32-33-34-35-36-37-38-39-40-41-42-44-46-48-50-52-54-56-58-60-62-64-69(72)74-67(65-70)66-73-68(71)63-61-59-57-55-53-51-49-47-45-43-24-22-20-18-16-14-12-10-8-6-4-2/h15,17,21-24,26-27,67,70H,3-14,16,18-20,25,28-66H2,1-2H3/b17-15-,23-21-,24-22-,27-26-. The Bertz CT molecular complexity index is 1220. The van der Waals surface area contributed by atoms with Crippen molar-refractivity contribution in [3.05, 3.63) is 48.6 Å². The van der Waals surface area contributed by atoms with Crippen molar-refractivity contribution in [1.29, 1.82) is 0 Å². The van der Waals surface area contributed by atoms with Gasteiger partial charge in [-0.3, -0.25) is 9.59 Å². The second-order valence-corrected chi connectivity index (χ2v) is 22.5. The quantitative estimate of drug-likeness (QED) is 0.0373. The van der Waals surface area contributed by atoms with Gasteiger partial charge < -0.3 is 14.6 Å². The van der Waals surface area contributed by atoms with Crippen LogP contribution in [0, 0.1) is 0 Å². The minimum atomic E-state index is -0.771. The van der Waals surface area contributed by atoms with E-state index in [4.69, 9.17) is 9.47 Å². The molecule has 0 saturated heterocycles. The average molecular weight is 1040 g/mol. The summed E-state index contributed by atoms with van der Waals surface area (Å²) < 4.78 is 10.7. The maximum Gasteiger partial charge on any atom is 0.306 e. The van der Waals surface area contributed by atoms with Crippen molar-refractivity contribution in [3.8, 4) is 0 Å². The first-order chi connectivity index (χ1) is 36.6. The fourth-order valence-corrected chi connectivity index (χ4v) is 10.1. The molecule has 0 fully saturated rings. The van der Waals surface area contributed by atoms with Crippen LogP contribution in [0.25, 0.3) is 0 Å². The van der Waals surface area contributed by atoms with Crippen LogP contribution in [0.5, 0.6) is 0 Å². The van der Waals surface area contributed by atoms with Gasteiger partial charge in [0.25, 0.3) is 0 Å². The highest BCUT2D eigenvalue weighted by Gasteiger charge is 2.16. The Labute approximate surface area is 462 Å². The lowest BCUT2D eigenvalue weighted by Crippen LogP contribution is -2.28. The fourth-order valence-electron chi connectivity index (χ4n) is 10.1. The van der Waals surface area contributed by atoms with Crippen LogP contribution in [0.2, 0.25) is 0 Å². The maximum absolute atomic E-state index is 12.3. The highest BCUT2D eigenvalue weighted by Crippen LogP contribution is 2.18. The van der Waals surface area contributed by atoms with E-state index in [1.54, 1.807) is 0 Å². The van der Waals surface area contributed by atoms with Crippen LogP contribution < -0.4 is 0 Å². The molecule has 0 aliphatic carbocycles. The van der Waals surface area contributed by atoms with Gasteiger partial charge in [0.2, 0.25) is 0 Å². The number of hydrogen-bond acceptors (Lipinski definition) is 5. The number of aliphatic hydroxyl groups is 1. The Kier molecular flexibility index (Phi) is 63.3. The van der Waals surface area contributed by atoms with E-state index in [1.807, 2.05) is 0 Å². The number of carbonyl (C=O) groups is 2. The van der Waals surface area contributed by atoms with Crippen LogP contribution in [0.3, 0.4) is 0 Å². The number of unbranched alkanes of at least 4 members (excludes halogenated alkanes) is 46. The number of allylic oxidation sites excluding steroid dienone is 8. The van der Waals surface area contributed by atoms with Crippen molar-refractivity contribution in [2.45, 2.75) is 367 Å². The molecule has 0 aliphatic heterocycles. The molecule has 0 saturated carbocycles. The Morgan fingerprint density at radius 2 is 0.541 bits per heavy atom. The van der Waals surface area contributed by atoms with E-state index < -0.39 is 6.10 Å². The Morgan fingerprint density at radius 3 is 0.824 bits per heavy atom. The van der Waals surface area contributed by atoms with Crippen LogP contribution in [-0.4, -0.2) is 36.4 Å². The summed E-state index contributed by atoms with van der Waals surface area (Å²) in [5.74, 6) is -0.574. The van der Waals surface area contributed by atoms with Gasteiger partial charge in [-0.05, 0) is 77.0 Å². The Morgan fingerprint density at radius 1 is 0.311 bits per heavy atom. The summed E-state index contributed by atoms with van der Waals surface area (Å²) in [5, 5.41) is 9.68. The van der Waals surface area contributed by atoms with Crippen molar-refractivity contribution in [3.63, 3.8) is 0 Å². The van der Waals surface area contributed by atoms with Gasteiger partial charge in [-0.1, -0.05) is 319 Å². The molecule has 0 heterocycles. The first-order valence-corrected chi connectivity index (χ1v) is 33.2. The van der Waals surface area contributed by atoms with E-state index in [9.17, 15) is 14.7 Å². The molecule has 0 amide bonds. The van der Waals surface area contributed by atoms with Crippen molar-refractivity contribution in [1.82, 2.24) is 0 Å². The number of hydrogen-bond donors (Lipinski definition) is 1. The van der Waals surface area contributed by atoms with Crippen LogP contribution >= 0.6 is 0 Å². The molecule has 0 bridgehead atoms. The van der Waals surface area contributed by atoms with Gasteiger partial charge in [0, 0.05) is 12.8 Å². The number of aliphatic hydroxyl groups excluding tert-OH is 1. The van der Waals surface area contributed by atoms with Crippen molar-refractivity contribution < 1.29 is 24.2 Å². The summed E-state index contributed by atoms with van der Waals surface area (Å²) in [4.78, 5) is 24.6. The second-order valence-electron chi connectivity index (χ2n) is 22.5. The smallest absolute Gasteiger partial charge is 0.306 e. The molecule has 434 valence electrons. The zero-order valence-electron chi connectivity index (χ0n) is 49.9. The third kappa shape index (κ3) is 62.4. The minimum Gasteiger partial charge on any atom is -0.462 e. The summed E-state index contributed by atoms with van der Waals surface area (Å²) in [5.41, 5.74) is 0. The number of esters is 2. The molecule has 0 aliphatic rings. The van der Waals surface area contributed by atoms with Gasteiger partial charge in [0.05, 0.1) is 6.61 Å². The van der Waals surface area contributed by atoms with E-state index in [1.165, 1.54) is 283 Å². The monoisotopic (exact) mass is 1040 g/mol. The van der Waals surface area contributed by atoms with Gasteiger partial charge in [0.15, 0.2) is 6.10 Å². The van der Waals surface area contributed by atoms with Crippen molar-refractivity contribution in [2.24, 2.45) is 0 Å². The highest BCUT2D eigenvalue weighted by atomic mass is 16.6. The van der Waals surface area contributed by atoms with E-state index >= 15 is 0 Å². The van der Waals surface area contributed by atoms with Gasteiger partial charge in [-0.25, -0.2) is 0 Å². The van der Waals surface area contributed by atoms with Crippen molar-refractivity contribution in [2.75, 3.05) is 13.2 Å². The molecule has 0 rings (SSSR count). The molecule has 0 aromatic carbocycles. The summed E-state index contributed by atoms with van der Waals surface area (Å²) in [6, 6.07) is 0. The lowest BCUT2D eigenvalue weighted by Gasteiger charge is -2.15. The zero-order valence-corrected chi connectivity index (χ0v) is 49.9. The van der Waals surface area contributed by atoms with Crippen LogP contribution in [0.4, 0.5) is 0 Å². The van der Waals surface area contributed by atoms with Gasteiger partial charge in [-0.2, -0.15) is 0 Å². The molecule has 0 radical (unpaired) electrons. The molecular formula is C69H128O5. The SMILES string of the molecule is CCCCCCC/C=C\C/C=C\C/C=C\CCCCCCCCCCCCCCCCCCCCCCCCCCC(=O)OC(CO)COC(=O)CCCCCCCCCCC/C=C\CCCCCCCCCC. The third-order valence-electron chi connectivity index (χ3n) is 15.1. The molecule has 5 heteroatoms. The lowest BCUT2D eigenvalue weighted by atomic mass is 10.0. The molecule has 74 heavy (non-hydrogen) atoms. The highest BCUT2D eigenvalue weighted by molar-refractivity contribution is 5.70. The summed E-state index contributed by atoms with van der Waals surface area (Å²) >= 11 is 0. The van der Waals surface area contributed by atoms with Crippen LogP contribution in [0.1, 0.15) is 361 Å². The molecule has 1 atom stereocenters. The summed E-state index contributed by atoms with van der Waals surface area (Å²) in [6.45, 7) is 4.17.